The van der Waals surface area contributed by atoms with E-state index in [1.165, 1.54) is 9.59 Å². The highest BCUT2D eigenvalue weighted by Crippen LogP contribution is 2.36. The zero-order chi connectivity index (χ0) is 85.1. The van der Waals surface area contributed by atoms with Gasteiger partial charge in [-0.15, -0.1) is 30.0 Å². The molecule has 4 aromatic carbocycles. The molecule has 0 unspecified atom stereocenters. The lowest BCUT2D eigenvalue weighted by molar-refractivity contribution is -0.145. The van der Waals surface area contributed by atoms with Gasteiger partial charge in [-0.05, 0) is 227 Å². The molecule has 0 bridgehead atoms. The van der Waals surface area contributed by atoms with Gasteiger partial charge in [0.25, 0.3) is 0 Å². The monoisotopic (exact) mass is 1660 g/mol. The summed E-state index contributed by atoms with van der Waals surface area (Å²) in [6.07, 6.45) is 22.7. The lowest BCUT2D eigenvalue weighted by atomic mass is 9.96. The molecule has 0 aliphatic rings. The fourth-order valence-corrected chi connectivity index (χ4v) is 12.8. The van der Waals surface area contributed by atoms with E-state index >= 15 is 0 Å². The van der Waals surface area contributed by atoms with E-state index in [9.17, 15) is 58.2 Å². The number of phenols is 2. The number of nitrogens with zero attached hydrogens (tertiary/aromatic N) is 6. The first-order chi connectivity index (χ1) is 58.0. The number of carbonyl (C=O) groups is 10. The number of aliphatic hydroxyl groups excluding tert-OH is 2. The molecule has 0 amide bonds. The van der Waals surface area contributed by atoms with Crippen molar-refractivity contribution in [2.45, 2.75) is 276 Å². The van der Waals surface area contributed by atoms with Crippen LogP contribution in [0.4, 0.5) is 0 Å². The number of phenolic OH excluding ortho intramolecular Hbond substituents is 2. The summed E-state index contributed by atoms with van der Waals surface area (Å²) in [5.41, 5.74) is 5.05. The quantitative estimate of drug-likeness (QED) is 0.0156. The van der Waals surface area contributed by atoms with E-state index in [0.29, 0.717) is 250 Å². The molecule has 4 N–H and O–H groups in total. The summed E-state index contributed by atoms with van der Waals surface area (Å²) >= 11 is 0. The molecule has 30 heteroatoms. The van der Waals surface area contributed by atoms with Gasteiger partial charge in [0.05, 0.1) is 66.1 Å². The molecule has 6 rings (SSSR count). The molecule has 2 aromatic heterocycles. The standard InChI is InChI=1S/C89H126N6O24/c96-51-25-1-11-39-78(98)110-53-27-3-13-41-80(100)112-55-29-5-15-43-82(102)114-57-31-7-17-45-84(104)116-59-33-9-19-47-86(106)118-61-49-68-63-70(88(108)76(65-68)94-90-72-35-21-22-36-73(72)91-94)67-71-64-69(66-77(89(71)109)95-92-74-37-23-24-38-75(74)93-95)50-62-119-87(107)48-20-10-34-60-117-85(105)46-18-8-32-58-115-83(103)44-16-6-30-56-113-81(101)42-14-4-28-54-111-79(99)40-12-2-26-52-97/h21-24,35-38,63-66,96-97,108-109H,1-20,25-34,39-62,67H2. The van der Waals surface area contributed by atoms with Crippen LogP contribution in [0.15, 0.2) is 72.8 Å². The van der Waals surface area contributed by atoms with Gasteiger partial charge in [0.2, 0.25) is 0 Å². The van der Waals surface area contributed by atoms with Crippen molar-refractivity contribution in [3.05, 3.63) is 95.1 Å². The highest BCUT2D eigenvalue weighted by atomic mass is 16.6. The van der Waals surface area contributed by atoms with Crippen molar-refractivity contribution in [1.29, 1.82) is 0 Å². The second-order valence-corrected chi connectivity index (χ2v) is 29.6. The molecule has 0 fully saturated rings. The molecule has 0 saturated carbocycles. The van der Waals surface area contributed by atoms with E-state index in [2.05, 4.69) is 20.4 Å². The number of hydrogen-bond donors (Lipinski definition) is 4. The highest BCUT2D eigenvalue weighted by molar-refractivity contribution is 5.76. The van der Waals surface area contributed by atoms with Crippen LogP contribution in [-0.2, 0) is 115 Å². The molecule has 6 aromatic rings. The van der Waals surface area contributed by atoms with Crippen LogP contribution in [0.5, 0.6) is 11.5 Å². The third-order valence-corrected chi connectivity index (χ3v) is 19.5. The summed E-state index contributed by atoms with van der Waals surface area (Å²) in [5.74, 6) is -3.35. The molecule has 0 aliphatic carbocycles. The summed E-state index contributed by atoms with van der Waals surface area (Å²) in [6.45, 7) is 2.45. The van der Waals surface area contributed by atoms with Gasteiger partial charge in [-0.2, -0.15) is 0 Å². The van der Waals surface area contributed by atoms with E-state index in [4.69, 9.17) is 57.6 Å². The van der Waals surface area contributed by atoms with Crippen molar-refractivity contribution < 1.29 is 116 Å². The lowest BCUT2D eigenvalue weighted by Gasteiger charge is -2.16. The number of aromatic nitrogens is 6. The third kappa shape index (κ3) is 42.9. The Balaban J connectivity index is 0.826. The Morgan fingerprint density at radius 1 is 0.252 bits per heavy atom. The maximum atomic E-state index is 13.0. The number of ether oxygens (including phenoxy) is 10. The van der Waals surface area contributed by atoms with Crippen LogP contribution >= 0.6 is 0 Å². The molecular formula is C89H126N6O24. The highest BCUT2D eigenvalue weighted by Gasteiger charge is 2.22. The van der Waals surface area contributed by atoms with E-state index in [-0.39, 0.29) is 194 Å². The van der Waals surface area contributed by atoms with Crippen LogP contribution in [0, 0.1) is 0 Å². The Labute approximate surface area is 697 Å². The largest absolute Gasteiger partial charge is 0.505 e. The van der Waals surface area contributed by atoms with Gasteiger partial charge in [-0.25, -0.2) is 0 Å². The average Bonchev–Trinajstić information content (AvgIpc) is 1.63. The van der Waals surface area contributed by atoms with Crippen molar-refractivity contribution in [2.24, 2.45) is 0 Å². The Hall–Kier alpha value is -10.1. The number of unbranched alkanes of at least 4 members (excludes halogenated alkanes) is 20. The molecule has 0 saturated heterocycles. The van der Waals surface area contributed by atoms with Crippen molar-refractivity contribution in [1.82, 2.24) is 30.0 Å². The number of rotatable bonds is 68. The SMILES string of the molecule is O=C(CCCCCO)OCCCCCC(=O)OCCCCCC(=O)OCCCCCC(=O)OCCCCCC(=O)OCCc1cc(Cc2cc(CCOC(=O)CCCCCOC(=O)CCCCCOC(=O)CCCCCOC(=O)CCCCCOC(=O)CCCCCO)cc(-n3nc4ccccc4n3)c2O)c(O)c(-n2nc3ccccc3n2)c1. The number of carbonyl (C=O) groups excluding carboxylic acids is 10. The molecule has 119 heavy (non-hydrogen) atoms. The van der Waals surface area contributed by atoms with E-state index in [0.717, 1.165) is 25.7 Å². The van der Waals surface area contributed by atoms with E-state index in [1.807, 2.05) is 24.3 Å². The van der Waals surface area contributed by atoms with E-state index in [1.54, 1.807) is 48.5 Å². The van der Waals surface area contributed by atoms with Gasteiger partial charge in [0.15, 0.2) is 0 Å². The number of esters is 10. The first kappa shape index (κ1) is 97.7. The maximum absolute atomic E-state index is 13.0. The topological polar surface area (TPSA) is 405 Å². The fourth-order valence-electron chi connectivity index (χ4n) is 12.8. The maximum Gasteiger partial charge on any atom is 0.305 e. The fraction of sp³-hybridized carbons (Fsp3) is 0.618. The molecule has 0 spiro atoms. The Kier molecular flexibility index (Phi) is 49.6. The zero-order valence-electron chi connectivity index (χ0n) is 69.5. The summed E-state index contributed by atoms with van der Waals surface area (Å²) in [5, 5.41) is 60.4. The Morgan fingerprint density at radius 2 is 0.445 bits per heavy atom. The minimum Gasteiger partial charge on any atom is -0.505 e. The molecule has 0 radical (unpaired) electrons. The number of aromatic hydroxyl groups is 2. The van der Waals surface area contributed by atoms with Crippen LogP contribution in [0.3, 0.4) is 0 Å². The molecule has 0 atom stereocenters. The number of aliphatic hydroxyl groups is 2. The van der Waals surface area contributed by atoms with Crippen LogP contribution in [0.1, 0.15) is 279 Å². The van der Waals surface area contributed by atoms with Gasteiger partial charge in [0, 0.05) is 108 Å². The van der Waals surface area contributed by atoms with Crippen molar-refractivity contribution >= 4 is 81.8 Å². The van der Waals surface area contributed by atoms with Gasteiger partial charge >= 0.3 is 59.7 Å². The summed E-state index contributed by atoms with van der Waals surface area (Å²) < 4.78 is 53.9. The lowest BCUT2D eigenvalue weighted by Crippen LogP contribution is -2.10. The predicted molar refractivity (Wildman–Crippen MR) is 440 cm³/mol. The molecular weight excluding hydrogens is 1540 g/mol. The zero-order valence-corrected chi connectivity index (χ0v) is 69.5. The third-order valence-electron chi connectivity index (χ3n) is 19.5. The second-order valence-electron chi connectivity index (χ2n) is 29.6. The summed E-state index contributed by atoms with van der Waals surface area (Å²) in [4.78, 5) is 125. The summed E-state index contributed by atoms with van der Waals surface area (Å²) in [6, 6.07) is 21.5. The minimum atomic E-state index is -0.400. The van der Waals surface area contributed by atoms with Gasteiger partial charge in [0.1, 0.15) is 44.9 Å². The smallest absolute Gasteiger partial charge is 0.305 e. The minimum absolute atomic E-state index is 0.00430. The Bertz CT molecular complexity index is 3690. The number of fused-ring (bicyclic) bond motifs is 2. The molecule has 656 valence electrons. The molecule has 30 nitrogen and oxygen atoms in total. The average molecular weight is 1660 g/mol. The van der Waals surface area contributed by atoms with Crippen LogP contribution in [-0.4, -0.2) is 189 Å². The van der Waals surface area contributed by atoms with Gasteiger partial charge in [-0.1, -0.05) is 49.2 Å². The molecule has 2 heterocycles. The second kappa shape index (κ2) is 60.4. The number of benzene rings is 4. The Morgan fingerprint density at radius 3 is 0.647 bits per heavy atom. The predicted octanol–water partition coefficient (Wildman–Crippen LogP) is 14.3. The first-order valence-electron chi connectivity index (χ1n) is 43.1. The van der Waals surface area contributed by atoms with Crippen molar-refractivity contribution in [3.63, 3.8) is 0 Å². The van der Waals surface area contributed by atoms with Crippen LogP contribution < -0.4 is 0 Å². The van der Waals surface area contributed by atoms with Crippen molar-refractivity contribution in [3.8, 4) is 22.9 Å². The summed E-state index contributed by atoms with van der Waals surface area (Å²) in [7, 11) is 0. The first-order valence-corrected chi connectivity index (χ1v) is 43.1. The molecule has 0 aliphatic heterocycles. The normalized spacial score (nSPS) is 11.2. The van der Waals surface area contributed by atoms with Crippen LogP contribution in [0.2, 0.25) is 0 Å². The van der Waals surface area contributed by atoms with Crippen LogP contribution in [0.25, 0.3) is 33.4 Å². The van der Waals surface area contributed by atoms with Gasteiger partial charge < -0.3 is 67.8 Å². The van der Waals surface area contributed by atoms with Crippen molar-refractivity contribution in [2.75, 3.05) is 79.3 Å². The van der Waals surface area contributed by atoms with Gasteiger partial charge in [-0.3, -0.25) is 47.9 Å². The number of hydrogen-bond acceptors (Lipinski definition) is 28. The van der Waals surface area contributed by atoms with E-state index < -0.39 is 11.9 Å².